The zero-order chi connectivity index (χ0) is 7.47. The predicted molar refractivity (Wildman–Crippen MR) is 40.8 cm³/mol. The Kier molecular flexibility index (Phi) is 0.890. The van der Waals surface area contributed by atoms with Crippen molar-refractivity contribution in [2.75, 3.05) is 13.1 Å². The number of alkyl halides is 1. The number of fused-ring (bicyclic) bond motifs is 2. The fourth-order valence-corrected chi connectivity index (χ4v) is 2.55. The molecule has 0 aromatic rings. The van der Waals surface area contributed by atoms with Crippen LogP contribution in [0.1, 0.15) is 19.3 Å². The van der Waals surface area contributed by atoms with E-state index < -0.39 is 6.17 Å². The van der Waals surface area contributed by atoms with Crippen molar-refractivity contribution >= 4 is 0 Å². The molecule has 2 heteroatoms. The summed E-state index contributed by atoms with van der Waals surface area (Å²) in [5.41, 5.74) is 1.36. The molecule has 0 N–H and O–H groups in total. The molecular weight excluding hydrogens is 141 g/mol. The second-order valence-electron chi connectivity index (χ2n) is 3.95. The minimum absolute atomic E-state index is 0.0243. The van der Waals surface area contributed by atoms with Gasteiger partial charge in [-0.2, -0.15) is 0 Å². The van der Waals surface area contributed by atoms with Crippen LogP contribution in [-0.4, -0.2) is 24.2 Å². The molecule has 2 aliphatic heterocycles. The average molecular weight is 153 g/mol. The topological polar surface area (TPSA) is 3.24 Å². The summed E-state index contributed by atoms with van der Waals surface area (Å²) >= 11 is 0. The standard InChI is InChI=1S/C9H12FN/c10-7-6-11-5-1-2-8(11)9(7)3-4-9/h2,7H,1,3-6H2. The fraction of sp³-hybridized carbons (Fsp3) is 0.778. The highest BCUT2D eigenvalue weighted by Gasteiger charge is 2.59. The summed E-state index contributed by atoms with van der Waals surface area (Å²) in [5, 5.41) is 0. The minimum atomic E-state index is -0.561. The highest BCUT2D eigenvalue weighted by atomic mass is 19.1. The van der Waals surface area contributed by atoms with E-state index in [1.54, 1.807) is 0 Å². The van der Waals surface area contributed by atoms with Crippen LogP contribution in [-0.2, 0) is 0 Å². The van der Waals surface area contributed by atoms with Crippen molar-refractivity contribution in [2.24, 2.45) is 5.41 Å². The van der Waals surface area contributed by atoms with Crippen LogP contribution in [0, 0.1) is 5.41 Å². The first-order chi connectivity index (χ1) is 5.33. The molecule has 2 heterocycles. The van der Waals surface area contributed by atoms with Crippen LogP contribution in [0.25, 0.3) is 0 Å². The Labute approximate surface area is 65.9 Å². The molecule has 0 amide bonds. The monoisotopic (exact) mass is 153 g/mol. The van der Waals surface area contributed by atoms with E-state index in [2.05, 4.69) is 11.0 Å². The summed E-state index contributed by atoms with van der Waals surface area (Å²) < 4.78 is 13.4. The van der Waals surface area contributed by atoms with E-state index in [0.29, 0.717) is 6.54 Å². The van der Waals surface area contributed by atoms with Gasteiger partial charge in [0.05, 0.1) is 0 Å². The lowest BCUT2D eigenvalue weighted by atomic mass is 10.0. The third-order valence-electron chi connectivity index (χ3n) is 3.36. The largest absolute Gasteiger partial charge is 0.371 e. The van der Waals surface area contributed by atoms with Gasteiger partial charge in [-0.15, -0.1) is 0 Å². The van der Waals surface area contributed by atoms with Crippen LogP contribution < -0.4 is 0 Å². The van der Waals surface area contributed by atoms with Crippen molar-refractivity contribution in [3.8, 4) is 0 Å². The first kappa shape index (κ1) is 6.04. The molecule has 0 aromatic carbocycles. The molecule has 0 bridgehead atoms. The summed E-state index contributed by atoms with van der Waals surface area (Å²) in [6.07, 6.45) is 5.01. The smallest absolute Gasteiger partial charge is 0.128 e. The van der Waals surface area contributed by atoms with Crippen molar-refractivity contribution in [3.63, 3.8) is 0 Å². The van der Waals surface area contributed by atoms with Gasteiger partial charge in [0.25, 0.3) is 0 Å². The van der Waals surface area contributed by atoms with Gasteiger partial charge in [0.15, 0.2) is 0 Å². The highest BCUT2D eigenvalue weighted by Crippen LogP contribution is 2.61. The fourth-order valence-electron chi connectivity index (χ4n) is 2.55. The van der Waals surface area contributed by atoms with Gasteiger partial charge in [-0.1, -0.05) is 6.08 Å². The van der Waals surface area contributed by atoms with E-state index in [-0.39, 0.29) is 5.41 Å². The lowest BCUT2D eigenvalue weighted by Gasteiger charge is -2.13. The first-order valence-corrected chi connectivity index (χ1v) is 4.43. The van der Waals surface area contributed by atoms with Crippen LogP contribution in [0.4, 0.5) is 4.39 Å². The van der Waals surface area contributed by atoms with Crippen molar-refractivity contribution in [2.45, 2.75) is 25.4 Å². The number of halogens is 1. The van der Waals surface area contributed by atoms with Crippen LogP contribution >= 0.6 is 0 Å². The van der Waals surface area contributed by atoms with E-state index in [4.69, 9.17) is 0 Å². The molecule has 1 spiro atoms. The van der Waals surface area contributed by atoms with Crippen molar-refractivity contribution in [3.05, 3.63) is 11.8 Å². The Morgan fingerprint density at radius 1 is 1.55 bits per heavy atom. The maximum absolute atomic E-state index is 13.4. The predicted octanol–water partition coefficient (Wildman–Crippen LogP) is 1.71. The lowest BCUT2D eigenvalue weighted by Crippen LogP contribution is -2.17. The Morgan fingerprint density at radius 3 is 3.09 bits per heavy atom. The van der Waals surface area contributed by atoms with E-state index in [1.165, 1.54) is 5.70 Å². The SMILES string of the molecule is FC1CN2CCC=C2C12CC2. The van der Waals surface area contributed by atoms with Gasteiger partial charge in [-0.05, 0) is 19.3 Å². The van der Waals surface area contributed by atoms with Crippen LogP contribution in [0.5, 0.6) is 0 Å². The molecule has 2 fully saturated rings. The quantitative estimate of drug-likeness (QED) is 0.512. The first-order valence-electron chi connectivity index (χ1n) is 4.43. The van der Waals surface area contributed by atoms with E-state index in [1.807, 2.05) is 0 Å². The lowest BCUT2D eigenvalue weighted by molar-refractivity contribution is 0.262. The minimum Gasteiger partial charge on any atom is -0.371 e. The maximum atomic E-state index is 13.4. The summed E-state index contributed by atoms with van der Waals surface area (Å²) in [6, 6.07) is 0. The molecule has 1 nitrogen and oxygen atoms in total. The van der Waals surface area contributed by atoms with Crippen LogP contribution in [0.3, 0.4) is 0 Å². The number of hydrogen-bond donors (Lipinski definition) is 0. The molecule has 1 unspecified atom stereocenters. The second-order valence-corrected chi connectivity index (χ2v) is 3.95. The molecular formula is C9H12FN. The van der Waals surface area contributed by atoms with Gasteiger partial charge in [0, 0.05) is 24.2 Å². The summed E-state index contributed by atoms with van der Waals surface area (Å²) in [5.74, 6) is 0. The normalized spacial score (nSPS) is 37.7. The average Bonchev–Trinajstić information content (AvgIpc) is 2.61. The number of nitrogens with zero attached hydrogens (tertiary/aromatic N) is 1. The number of allylic oxidation sites excluding steroid dienone is 1. The molecule has 3 aliphatic rings. The molecule has 0 radical (unpaired) electrons. The van der Waals surface area contributed by atoms with Crippen molar-refractivity contribution in [1.29, 1.82) is 0 Å². The molecule has 60 valence electrons. The Balaban J connectivity index is 2.03. The molecule has 1 atom stereocenters. The van der Waals surface area contributed by atoms with Gasteiger partial charge in [0.1, 0.15) is 6.17 Å². The molecule has 1 aliphatic carbocycles. The van der Waals surface area contributed by atoms with E-state index >= 15 is 0 Å². The summed E-state index contributed by atoms with van der Waals surface area (Å²) in [7, 11) is 0. The molecule has 3 rings (SSSR count). The number of hydrogen-bond acceptors (Lipinski definition) is 1. The Hall–Kier alpha value is -0.530. The zero-order valence-electron chi connectivity index (χ0n) is 6.52. The summed E-state index contributed by atoms with van der Waals surface area (Å²) in [4.78, 5) is 2.23. The van der Waals surface area contributed by atoms with Gasteiger partial charge in [-0.25, -0.2) is 4.39 Å². The maximum Gasteiger partial charge on any atom is 0.128 e. The van der Waals surface area contributed by atoms with Crippen LogP contribution in [0.15, 0.2) is 11.8 Å². The highest BCUT2D eigenvalue weighted by molar-refractivity contribution is 5.31. The van der Waals surface area contributed by atoms with Gasteiger partial charge in [-0.3, -0.25) is 0 Å². The van der Waals surface area contributed by atoms with Gasteiger partial charge in [0.2, 0.25) is 0 Å². The van der Waals surface area contributed by atoms with E-state index in [0.717, 1.165) is 25.8 Å². The third kappa shape index (κ3) is 0.569. The third-order valence-corrected chi connectivity index (χ3v) is 3.36. The van der Waals surface area contributed by atoms with Crippen molar-refractivity contribution in [1.82, 2.24) is 4.90 Å². The number of rotatable bonds is 0. The van der Waals surface area contributed by atoms with Crippen molar-refractivity contribution < 1.29 is 4.39 Å². The molecule has 0 aromatic heterocycles. The molecule has 1 saturated carbocycles. The Morgan fingerprint density at radius 2 is 2.36 bits per heavy atom. The van der Waals surface area contributed by atoms with E-state index in [9.17, 15) is 4.39 Å². The van der Waals surface area contributed by atoms with Gasteiger partial charge >= 0.3 is 0 Å². The molecule has 1 saturated heterocycles. The zero-order valence-corrected chi connectivity index (χ0v) is 6.52. The van der Waals surface area contributed by atoms with Crippen LogP contribution in [0.2, 0.25) is 0 Å². The Bertz CT molecular complexity index is 230. The summed E-state index contributed by atoms with van der Waals surface area (Å²) in [6.45, 7) is 1.74. The second kappa shape index (κ2) is 1.62. The van der Waals surface area contributed by atoms with Gasteiger partial charge < -0.3 is 4.90 Å². The molecule has 11 heavy (non-hydrogen) atoms.